The molecule has 1 aromatic carbocycles. The number of hydrogen-bond donors (Lipinski definition) is 0. The summed E-state index contributed by atoms with van der Waals surface area (Å²) in [6, 6.07) is 6.37. The number of carbonyl (C=O) groups is 1. The van der Waals surface area contributed by atoms with Gasteiger partial charge in [-0.1, -0.05) is 25.5 Å². The fourth-order valence-electron chi connectivity index (χ4n) is 3.05. The number of hydrogen-bond acceptors (Lipinski definition) is 5. The molecular weight excluding hydrogens is 296 g/mol. The second kappa shape index (κ2) is 8.06. The Kier molecular flexibility index (Phi) is 6.10. The van der Waals surface area contributed by atoms with Crippen LogP contribution in [0.5, 0.6) is 0 Å². The minimum Gasteiger partial charge on any atom is -0.461 e. The number of nitrogens with zero attached hydrogens (tertiary/aromatic N) is 2. The first-order valence-corrected chi connectivity index (χ1v) is 8.17. The van der Waals surface area contributed by atoms with Crippen molar-refractivity contribution >= 4 is 11.7 Å². The topological polar surface area (TPSA) is 72.7 Å². The van der Waals surface area contributed by atoms with E-state index in [2.05, 4.69) is 18.7 Å². The van der Waals surface area contributed by atoms with Gasteiger partial charge in [0.2, 0.25) is 0 Å². The van der Waals surface area contributed by atoms with Gasteiger partial charge < -0.3 is 4.74 Å². The lowest BCUT2D eigenvalue weighted by Crippen LogP contribution is -2.43. The van der Waals surface area contributed by atoms with Gasteiger partial charge in [-0.25, -0.2) is 4.79 Å². The van der Waals surface area contributed by atoms with Gasteiger partial charge in [0.15, 0.2) is 0 Å². The fourth-order valence-corrected chi connectivity index (χ4v) is 3.05. The highest BCUT2D eigenvalue weighted by molar-refractivity contribution is 5.93. The predicted octanol–water partition coefficient (Wildman–Crippen LogP) is 3.26. The van der Waals surface area contributed by atoms with E-state index in [1.165, 1.54) is 31.0 Å². The molecule has 0 aliphatic carbocycles. The van der Waals surface area contributed by atoms with Crippen LogP contribution in [0.15, 0.2) is 24.3 Å². The van der Waals surface area contributed by atoms with E-state index in [1.54, 1.807) is 6.07 Å². The number of esters is 1. The standard InChI is InChI=1S/C17H24N2O4/c1-3-14-9-8-13(2)18(12-14)10-11-23-17(20)15-6-4-5-7-16(15)19(21)22/h4-7,13-14H,3,8-12H2,1-2H3. The van der Waals surface area contributed by atoms with Gasteiger partial charge in [0.25, 0.3) is 5.69 Å². The lowest BCUT2D eigenvalue weighted by molar-refractivity contribution is -0.385. The largest absolute Gasteiger partial charge is 0.461 e. The van der Waals surface area contributed by atoms with Crippen LogP contribution >= 0.6 is 0 Å². The first-order chi connectivity index (χ1) is 11.0. The number of ether oxygens (including phenoxy) is 1. The first kappa shape index (κ1) is 17.4. The van der Waals surface area contributed by atoms with Crippen LogP contribution in [0.2, 0.25) is 0 Å². The van der Waals surface area contributed by atoms with Gasteiger partial charge in [0.1, 0.15) is 12.2 Å². The van der Waals surface area contributed by atoms with E-state index in [1.807, 2.05) is 0 Å². The zero-order valence-corrected chi connectivity index (χ0v) is 13.7. The van der Waals surface area contributed by atoms with Gasteiger partial charge in [-0.05, 0) is 31.7 Å². The number of likely N-dealkylation sites (tertiary alicyclic amines) is 1. The number of para-hydroxylation sites is 1. The Hall–Kier alpha value is -1.95. The van der Waals surface area contributed by atoms with Crippen molar-refractivity contribution in [2.75, 3.05) is 19.7 Å². The van der Waals surface area contributed by atoms with Gasteiger partial charge >= 0.3 is 5.97 Å². The lowest BCUT2D eigenvalue weighted by atomic mass is 9.92. The van der Waals surface area contributed by atoms with E-state index in [0.717, 1.165) is 13.0 Å². The van der Waals surface area contributed by atoms with Crippen molar-refractivity contribution in [2.45, 2.75) is 39.2 Å². The smallest absolute Gasteiger partial charge is 0.345 e. The second-order valence-corrected chi connectivity index (χ2v) is 6.11. The van der Waals surface area contributed by atoms with Crippen molar-refractivity contribution < 1.29 is 14.5 Å². The van der Waals surface area contributed by atoms with Gasteiger partial charge in [0, 0.05) is 25.2 Å². The zero-order chi connectivity index (χ0) is 16.8. The van der Waals surface area contributed by atoms with Crippen LogP contribution in [0.25, 0.3) is 0 Å². The molecule has 0 N–H and O–H groups in total. The van der Waals surface area contributed by atoms with Gasteiger partial charge in [-0.3, -0.25) is 15.0 Å². The molecule has 6 nitrogen and oxygen atoms in total. The monoisotopic (exact) mass is 320 g/mol. The highest BCUT2D eigenvalue weighted by atomic mass is 16.6. The number of benzene rings is 1. The summed E-state index contributed by atoms with van der Waals surface area (Å²) in [6.45, 7) is 6.35. The molecule has 1 saturated heterocycles. The summed E-state index contributed by atoms with van der Waals surface area (Å²) in [5.74, 6) is 0.0751. The van der Waals surface area contributed by atoms with Crippen LogP contribution < -0.4 is 0 Å². The van der Waals surface area contributed by atoms with E-state index in [4.69, 9.17) is 4.74 Å². The van der Waals surface area contributed by atoms with Gasteiger partial charge in [-0.15, -0.1) is 0 Å². The van der Waals surface area contributed by atoms with Crippen LogP contribution in [0.4, 0.5) is 5.69 Å². The number of nitro groups is 1. The van der Waals surface area contributed by atoms with E-state index < -0.39 is 10.9 Å². The Balaban J connectivity index is 1.89. The highest BCUT2D eigenvalue weighted by Crippen LogP contribution is 2.24. The van der Waals surface area contributed by atoms with Crippen LogP contribution in [-0.2, 0) is 4.74 Å². The third-order valence-corrected chi connectivity index (χ3v) is 4.62. The van der Waals surface area contributed by atoms with Crippen LogP contribution in [0, 0.1) is 16.0 Å². The molecule has 1 fully saturated rings. The Morgan fingerprint density at radius 3 is 2.83 bits per heavy atom. The van der Waals surface area contributed by atoms with Crippen LogP contribution in [0.1, 0.15) is 43.5 Å². The molecule has 2 unspecified atom stereocenters. The zero-order valence-electron chi connectivity index (χ0n) is 13.7. The lowest BCUT2D eigenvalue weighted by Gasteiger charge is -2.37. The van der Waals surface area contributed by atoms with Crippen molar-refractivity contribution in [2.24, 2.45) is 5.92 Å². The summed E-state index contributed by atoms with van der Waals surface area (Å²) < 4.78 is 5.25. The summed E-state index contributed by atoms with van der Waals surface area (Å²) in [5, 5.41) is 10.9. The number of piperidine rings is 1. The van der Waals surface area contributed by atoms with E-state index in [0.29, 0.717) is 18.5 Å². The maximum absolute atomic E-state index is 12.1. The molecule has 126 valence electrons. The second-order valence-electron chi connectivity index (χ2n) is 6.11. The van der Waals surface area contributed by atoms with Crippen LogP contribution in [-0.4, -0.2) is 41.5 Å². The summed E-state index contributed by atoms with van der Waals surface area (Å²) in [5.41, 5.74) is -0.203. The molecule has 0 aromatic heterocycles. The predicted molar refractivity (Wildman–Crippen MR) is 87.4 cm³/mol. The summed E-state index contributed by atoms with van der Waals surface area (Å²) in [6.07, 6.45) is 3.58. The normalized spacial score (nSPS) is 21.8. The maximum atomic E-state index is 12.1. The molecule has 1 aliphatic rings. The minimum absolute atomic E-state index is 0.00984. The molecule has 0 spiro atoms. The Morgan fingerprint density at radius 2 is 2.13 bits per heavy atom. The molecule has 0 amide bonds. The third kappa shape index (κ3) is 4.51. The quantitative estimate of drug-likeness (QED) is 0.457. The Labute approximate surface area is 136 Å². The molecule has 2 rings (SSSR count). The molecular formula is C17H24N2O4. The summed E-state index contributed by atoms with van der Waals surface area (Å²) in [7, 11) is 0. The summed E-state index contributed by atoms with van der Waals surface area (Å²) >= 11 is 0. The van der Waals surface area contributed by atoms with Crippen molar-refractivity contribution in [3.63, 3.8) is 0 Å². The number of carbonyl (C=O) groups excluding carboxylic acids is 1. The van der Waals surface area contributed by atoms with Crippen molar-refractivity contribution in [1.29, 1.82) is 0 Å². The average molecular weight is 320 g/mol. The Bertz CT molecular complexity index is 561. The van der Waals surface area contributed by atoms with Crippen LogP contribution in [0.3, 0.4) is 0 Å². The molecule has 0 saturated carbocycles. The van der Waals surface area contributed by atoms with Crippen molar-refractivity contribution in [3.8, 4) is 0 Å². The van der Waals surface area contributed by atoms with E-state index in [9.17, 15) is 14.9 Å². The van der Waals surface area contributed by atoms with Gasteiger partial charge in [-0.2, -0.15) is 0 Å². The molecule has 1 aromatic rings. The van der Waals surface area contributed by atoms with Crippen molar-refractivity contribution in [1.82, 2.24) is 4.90 Å². The fraction of sp³-hybridized carbons (Fsp3) is 0.588. The van der Waals surface area contributed by atoms with E-state index in [-0.39, 0.29) is 17.9 Å². The molecule has 6 heteroatoms. The first-order valence-electron chi connectivity index (χ1n) is 8.17. The SMILES string of the molecule is CCC1CCC(C)N(CCOC(=O)c2ccccc2[N+](=O)[O-])C1. The van der Waals surface area contributed by atoms with Gasteiger partial charge in [0.05, 0.1) is 4.92 Å². The Morgan fingerprint density at radius 1 is 1.39 bits per heavy atom. The minimum atomic E-state index is -0.631. The van der Waals surface area contributed by atoms with E-state index >= 15 is 0 Å². The molecule has 0 radical (unpaired) electrons. The van der Waals surface area contributed by atoms with Crippen molar-refractivity contribution in [3.05, 3.63) is 39.9 Å². The molecule has 0 bridgehead atoms. The molecule has 2 atom stereocenters. The number of nitro benzene ring substituents is 1. The maximum Gasteiger partial charge on any atom is 0.345 e. The molecule has 1 heterocycles. The highest BCUT2D eigenvalue weighted by Gasteiger charge is 2.25. The third-order valence-electron chi connectivity index (χ3n) is 4.62. The number of rotatable bonds is 6. The molecule has 23 heavy (non-hydrogen) atoms. The summed E-state index contributed by atoms with van der Waals surface area (Å²) in [4.78, 5) is 24.8. The molecule has 1 aliphatic heterocycles. The average Bonchev–Trinajstić information content (AvgIpc) is 2.56.